The third-order valence-corrected chi connectivity index (χ3v) is 3.07. The molecule has 1 aliphatic carbocycles. The van der Waals surface area contributed by atoms with Crippen LogP contribution in [0.2, 0.25) is 0 Å². The molecule has 0 radical (unpaired) electrons. The normalized spacial score (nSPS) is 20.8. The lowest BCUT2D eigenvalue weighted by Crippen LogP contribution is -2.18. The minimum Gasteiger partial charge on any atom is -0.295 e. The van der Waals surface area contributed by atoms with Crippen molar-refractivity contribution in [3.8, 4) is 0 Å². The van der Waals surface area contributed by atoms with Gasteiger partial charge in [0.25, 0.3) is 0 Å². The van der Waals surface area contributed by atoms with Gasteiger partial charge in [0.2, 0.25) is 0 Å². The molecule has 0 aromatic carbocycles. The minimum atomic E-state index is 0.152. The summed E-state index contributed by atoms with van der Waals surface area (Å²) >= 11 is 0. The van der Waals surface area contributed by atoms with Gasteiger partial charge in [-0.05, 0) is 37.7 Å². The molecule has 0 amide bonds. The Morgan fingerprint density at radius 3 is 2.71 bits per heavy atom. The topological polar surface area (TPSA) is 17.1 Å². The van der Waals surface area contributed by atoms with E-state index < -0.39 is 0 Å². The molecular formula is C13H20O. The van der Waals surface area contributed by atoms with Crippen molar-refractivity contribution in [1.29, 1.82) is 0 Å². The molecule has 0 spiro atoms. The standard InChI is InChI=1S/C13H20O/c1-5-12(14)8-11-6-7-13(3,4)9-10(11)2/h5H,1,6-9H2,2-4H3. The molecule has 0 aromatic heterocycles. The first-order valence-corrected chi connectivity index (χ1v) is 5.27. The Morgan fingerprint density at radius 1 is 1.57 bits per heavy atom. The highest BCUT2D eigenvalue weighted by Gasteiger charge is 2.25. The van der Waals surface area contributed by atoms with Crippen LogP contribution in [0.1, 0.15) is 46.5 Å². The van der Waals surface area contributed by atoms with Crippen LogP contribution in [0.5, 0.6) is 0 Å². The maximum Gasteiger partial charge on any atom is 0.159 e. The minimum absolute atomic E-state index is 0.152. The van der Waals surface area contributed by atoms with Crippen molar-refractivity contribution >= 4 is 5.78 Å². The summed E-state index contributed by atoms with van der Waals surface area (Å²) in [5.41, 5.74) is 3.18. The second-order valence-electron chi connectivity index (χ2n) is 5.07. The van der Waals surface area contributed by atoms with Crippen LogP contribution in [-0.2, 0) is 4.79 Å². The summed E-state index contributed by atoms with van der Waals surface area (Å²) in [5.74, 6) is 0.152. The van der Waals surface area contributed by atoms with Crippen molar-refractivity contribution in [2.75, 3.05) is 0 Å². The Bertz CT molecular complexity index is 282. The number of hydrogen-bond acceptors (Lipinski definition) is 1. The molecule has 0 heterocycles. The third kappa shape index (κ3) is 2.83. The van der Waals surface area contributed by atoms with E-state index in [0.717, 1.165) is 12.8 Å². The first kappa shape index (κ1) is 11.2. The smallest absolute Gasteiger partial charge is 0.159 e. The summed E-state index contributed by atoms with van der Waals surface area (Å²) in [6, 6.07) is 0. The fraction of sp³-hybridized carbons (Fsp3) is 0.615. The Balaban J connectivity index is 2.71. The lowest BCUT2D eigenvalue weighted by atomic mass is 9.74. The number of allylic oxidation sites excluding steroid dienone is 3. The number of hydrogen-bond donors (Lipinski definition) is 0. The van der Waals surface area contributed by atoms with Gasteiger partial charge in [-0.2, -0.15) is 0 Å². The van der Waals surface area contributed by atoms with Crippen molar-refractivity contribution in [1.82, 2.24) is 0 Å². The van der Waals surface area contributed by atoms with Gasteiger partial charge in [-0.15, -0.1) is 0 Å². The zero-order valence-electron chi connectivity index (χ0n) is 9.52. The van der Waals surface area contributed by atoms with Crippen molar-refractivity contribution in [2.24, 2.45) is 5.41 Å². The van der Waals surface area contributed by atoms with Gasteiger partial charge in [0, 0.05) is 6.42 Å². The predicted molar refractivity (Wildman–Crippen MR) is 60.2 cm³/mol. The van der Waals surface area contributed by atoms with E-state index in [-0.39, 0.29) is 5.78 Å². The molecule has 0 atom stereocenters. The van der Waals surface area contributed by atoms with Crippen molar-refractivity contribution < 1.29 is 4.79 Å². The van der Waals surface area contributed by atoms with E-state index in [2.05, 4.69) is 27.4 Å². The molecule has 0 bridgehead atoms. The van der Waals surface area contributed by atoms with Crippen LogP contribution in [0.3, 0.4) is 0 Å². The molecular weight excluding hydrogens is 172 g/mol. The van der Waals surface area contributed by atoms with E-state index in [1.54, 1.807) is 0 Å². The van der Waals surface area contributed by atoms with Crippen molar-refractivity contribution in [2.45, 2.75) is 46.5 Å². The summed E-state index contributed by atoms with van der Waals surface area (Å²) < 4.78 is 0. The van der Waals surface area contributed by atoms with E-state index in [4.69, 9.17) is 0 Å². The van der Waals surface area contributed by atoms with Crippen LogP contribution >= 0.6 is 0 Å². The second-order valence-corrected chi connectivity index (χ2v) is 5.07. The molecule has 1 heteroatoms. The molecule has 1 nitrogen and oxygen atoms in total. The monoisotopic (exact) mass is 192 g/mol. The summed E-state index contributed by atoms with van der Waals surface area (Å²) in [7, 11) is 0. The van der Waals surface area contributed by atoms with Gasteiger partial charge < -0.3 is 0 Å². The maximum atomic E-state index is 11.2. The van der Waals surface area contributed by atoms with Gasteiger partial charge >= 0.3 is 0 Å². The third-order valence-electron chi connectivity index (χ3n) is 3.07. The van der Waals surface area contributed by atoms with E-state index in [0.29, 0.717) is 11.8 Å². The molecule has 0 unspecified atom stereocenters. The molecule has 78 valence electrons. The fourth-order valence-electron chi connectivity index (χ4n) is 2.16. The van der Waals surface area contributed by atoms with Gasteiger partial charge in [0.05, 0.1) is 0 Å². The quantitative estimate of drug-likeness (QED) is 0.492. The number of carbonyl (C=O) groups excluding carboxylic acids is 1. The van der Waals surface area contributed by atoms with Gasteiger partial charge in [0.1, 0.15) is 0 Å². The van der Waals surface area contributed by atoms with E-state index >= 15 is 0 Å². The maximum absolute atomic E-state index is 11.2. The van der Waals surface area contributed by atoms with Crippen molar-refractivity contribution in [3.05, 3.63) is 23.8 Å². The second kappa shape index (κ2) is 4.12. The molecule has 0 aliphatic heterocycles. The van der Waals surface area contributed by atoms with Gasteiger partial charge in [-0.3, -0.25) is 4.79 Å². The Morgan fingerprint density at radius 2 is 2.21 bits per heavy atom. The lowest BCUT2D eigenvalue weighted by molar-refractivity contribution is -0.114. The molecule has 14 heavy (non-hydrogen) atoms. The highest BCUT2D eigenvalue weighted by molar-refractivity contribution is 5.90. The average Bonchev–Trinajstić information content (AvgIpc) is 2.09. The van der Waals surface area contributed by atoms with E-state index in [1.165, 1.54) is 23.6 Å². The van der Waals surface area contributed by atoms with Crippen molar-refractivity contribution in [3.63, 3.8) is 0 Å². The summed E-state index contributed by atoms with van der Waals surface area (Å²) in [5, 5.41) is 0. The molecule has 1 rings (SSSR count). The SMILES string of the molecule is C=CC(=O)CC1=C(C)CC(C)(C)CC1. The van der Waals surface area contributed by atoms with E-state index in [9.17, 15) is 4.79 Å². The summed E-state index contributed by atoms with van der Waals surface area (Å²) in [4.78, 5) is 11.2. The van der Waals surface area contributed by atoms with Crippen LogP contribution in [0, 0.1) is 5.41 Å². The van der Waals surface area contributed by atoms with Crippen LogP contribution in [0.15, 0.2) is 23.8 Å². The first-order chi connectivity index (χ1) is 6.44. The molecule has 0 aromatic rings. The number of ketones is 1. The Labute approximate surface area is 86.9 Å². The number of carbonyl (C=O) groups is 1. The zero-order chi connectivity index (χ0) is 10.8. The van der Waals surface area contributed by atoms with Crippen LogP contribution in [0.4, 0.5) is 0 Å². The fourth-order valence-corrected chi connectivity index (χ4v) is 2.16. The highest BCUT2D eigenvalue weighted by Crippen LogP contribution is 2.39. The molecule has 0 saturated heterocycles. The lowest BCUT2D eigenvalue weighted by Gasteiger charge is -2.31. The molecule has 0 fully saturated rings. The molecule has 1 aliphatic rings. The van der Waals surface area contributed by atoms with Crippen LogP contribution in [0.25, 0.3) is 0 Å². The Hall–Kier alpha value is -0.850. The summed E-state index contributed by atoms with van der Waals surface area (Å²) in [6.07, 6.45) is 5.43. The van der Waals surface area contributed by atoms with Crippen LogP contribution < -0.4 is 0 Å². The van der Waals surface area contributed by atoms with Crippen LogP contribution in [-0.4, -0.2) is 5.78 Å². The largest absolute Gasteiger partial charge is 0.295 e. The van der Waals surface area contributed by atoms with Gasteiger partial charge in [-0.1, -0.05) is 31.6 Å². The molecule has 0 saturated carbocycles. The van der Waals surface area contributed by atoms with Gasteiger partial charge in [-0.25, -0.2) is 0 Å². The Kier molecular flexibility index (Phi) is 3.30. The first-order valence-electron chi connectivity index (χ1n) is 5.27. The van der Waals surface area contributed by atoms with Gasteiger partial charge in [0.15, 0.2) is 5.78 Å². The predicted octanol–water partition coefficient (Wildman–Crippen LogP) is 3.66. The van der Waals surface area contributed by atoms with E-state index in [1.807, 2.05) is 0 Å². The average molecular weight is 192 g/mol. The zero-order valence-corrected chi connectivity index (χ0v) is 9.52. The summed E-state index contributed by atoms with van der Waals surface area (Å²) in [6.45, 7) is 10.3. The number of rotatable bonds is 3. The molecule has 0 N–H and O–H groups in total. The highest BCUT2D eigenvalue weighted by atomic mass is 16.1.